The molecule has 2 N–H and O–H groups in total. The van der Waals surface area contributed by atoms with Crippen molar-refractivity contribution in [2.24, 2.45) is 0 Å². The van der Waals surface area contributed by atoms with Crippen molar-refractivity contribution < 1.29 is 13.9 Å². The van der Waals surface area contributed by atoms with Gasteiger partial charge in [-0.25, -0.2) is 9.18 Å². The predicted octanol–water partition coefficient (Wildman–Crippen LogP) is 6.29. The quantitative estimate of drug-likeness (QED) is 0.261. The highest BCUT2D eigenvalue weighted by atomic mass is 32.2. The second kappa shape index (κ2) is 11.7. The van der Waals surface area contributed by atoms with Gasteiger partial charge in [0.1, 0.15) is 11.6 Å². The number of urea groups is 1. The number of hydrogen-bond acceptors (Lipinski definition) is 5. The van der Waals surface area contributed by atoms with Gasteiger partial charge in [0.2, 0.25) is 0 Å². The summed E-state index contributed by atoms with van der Waals surface area (Å²) in [4.78, 5) is 12.7. The van der Waals surface area contributed by atoms with Crippen LogP contribution in [0.3, 0.4) is 0 Å². The Morgan fingerprint density at radius 3 is 2.39 bits per heavy atom. The van der Waals surface area contributed by atoms with Gasteiger partial charge in [-0.05, 0) is 74.9 Å². The molecule has 2 amide bonds. The molecule has 1 unspecified atom stereocenters. The largest absolute Gasteiger partial charge is 0.494 e. The van der Waals surface area contributed by atoms with E-state index in [1.165, 1.54) is 23.9 Å². The van der Waals surface area contributed by atoms with Crippen LogP contribution >= 0.6 is 11.8 Å². The Hall–Kier alpha value is -3.85. The number of hydrogen-bond donors (Lipinski definition) is 2. The molecule has 0 saturated carbocycles. The normalized spacial score (nSPS) is 11.7. The molecule has 9 heteroatoms. The molecule has 1 heterocycles. The SMILES string of the molecule is CCOc1ccc(NC(=O)NC(C)c2nnc(SCc3ccc(F)cc3)n2-c2ccc(C)cc2)cc1. The lowest BCUT2D eigenvalue weighted by molar-refractivity contribution is 0.248. The highest BCUT2D eigenvalue weighted by molar-refractivity contribution is 7.98. The van der Waals surface area contributed by atoms with Crippen molar-refractivity contribution in [1.82, 2.24) is 20.1 Å². The zero-order chi connectivity index (χ0) is 25.5. The maximum atomic E-state index is 13.3. The Labute approximate surface area is 214 Å². The van der Waals surface area contributed by atoms with Crippen molar-refractivity contribution in [1.29, 1.82) is 0 Å². The number of aryl methyl sites for hydroxylation is 1. The van der Waals surface area contributed by atoms with Gasteiger partial charge >= 0.3 is 6.03 Å². The van der Waals surface area contributed by atoms with Crippen molar-refractivity contribution in [2.45, 2.75) is 37.7 Å². The summed E-state index contributed by atoms with van der Waals surface area (Å²) in [5, 5.41) is 15.3. The van der Waals surface area contributed by atoms with Crippen LogP contribution in [-0.2, 0) is 5.75 Å². The molecule has 0 fully saturated rings. The summed E-state index contributed by atoms with van der Waals surface area (Å²) in [6.45, 7) is 6.39. The van der Waals surface area contributed by atoms with Gasteiger partial charge in [-0.15, -0.1) is 10.2 Å². The van der Waals surface area contributed by atoms with Crippen molar-refractivity contribution >= 4 is 23.5 Å². The van der Waals surface area contributed by atoms with Crippen molar-refractivity contribution in [3.63, 3.8) is 0 Å². The number of carbonyl (C=O) groups excluding carboxylic acids is 1. The number of thioether (sulfide) groups is 1. The molecule has 7 nitrogen and oxygen atoms in total. The van der Waals surface area contributed by atoms with Crippen LogP contribution < -0.4 is 15.4 Å². The van der Waals surface area contributed by atoms with Gasteiger partial charge in [-0.1, -0.05) is 41.6 Å². The summed E-state index contributed by atoms with van der Waals surface area (Å²) in [7, 11) is 0. The molecule has 36 heavy (non-hydrogen) atoms. The van der Waals surface area contributed by atoms with Gasteiger partial charge in [0.05, 0.1) is 12.6 Å². The van der Waals surface area contributed by atoms with E-state index in [0.29, 0.717) is 29.0 Å². The van der Waals surface area contributed by atoms with Crippen LogP contribution in [0, 0.1) is 12.7 Å². The Morgan fingerprint density at radius 2 is 1.72 bits per heavy atom. The van der Waals surface area contributed by atoms with Crippen molar-refractivity contribution in [3.05, 3.63) is 95.6 Å². The second-order valence-electron chi connectivity index (χ2n) is 8.20. The molecule has 4 rings (SSSR count). The number of anilines is 1. The van der Waals surface area contributed by atoms with Crippen LogP contribution in [0.4, 0.5) is 14.9 Å². The average Bonchev–Trinajstić information content (AvgIpc) is 3.29. The van der Waals surface area contributed by atoms with Crippen LogP contribution in [0.25, 0.3) is 5.69 Å². The summed E-state index contributed by atoms with van der Waals surface area (Å²) in [5.74, 6) is 1.68. The highest BCUT2D eigenvalue weighted by Crippen LogP contribution is 2.28. The minimum Gasteiger partial charge on any atom is -0.494 e. The van der Waals surface area contributed by atoms with E-state index in [9.17, 15) is 9.18 Å². The molecule has 1 aromatic heterocycles. The first-order chi connectivity index (χ1) is 17.4. The zero-order valence-electron chi connectivity index (χ0n) is 20.4. The van der Waals surface area contributed by atoms with Crippen LogP contribution in [0.1, 0.15) is 36.8 Å². The molecule has 0 aliphatic rings. The molecule has 0 bridgehead atoms. The lowest BCUT2D eigenvalue weighted by Gasteiger charge is -2.17. The summed E-state index contributed by atoms with van der Waals surface area (Å²) in [6, 6.07) is 20.8. The van der Waals surface area contributed by atoms with E-state index in [1.54, 1.807) is 36.4 Å². The number of benzene rings is 3. The Bertz CT molecular complexity index is 1290. The maximum absolute atomic E-state index is 13.3. The molecular formula is C27H28FN5O2S. The van der Waals surface area contributed by atoms with Gasteiger partial charge in [0.25, 0.3) is 0 Å². The van der Waals surface area contributed by atoms with Crippen LogP contribution in [0.2, 0.25) is 0 Å². The van der Waals surface area contributed by atoms with E-state index in [-0.39, 0.29) is 11.8 Å². The third-order valence-electron chi connectivity index (χ3n) is 5.39. The average molecular weight is 506 g/mol. The summed E-state index contributed by atoms with van der Waals surface area (Å²) in [6.07, 6.45) is 0. The summed E-state index contributed by atoms with van der Waals surface area (Å²) >= 11 is 1.50. The maximum Gasteiger partial charge on any atom is 0.319 e. The van der Waals surface area contributed by atoms with Crippen LogP contribution in [0.5, 0.6) is 5.75 Å². The fraction of sp³-hybridized carbons (Fsp3) is 0.222. The Morgan fingerprint density at radius 1 is 1.03 bits per heavy atom. The number of carbonyl (C=O) groups is 1. The van der Waals surface area contributed by atoms with E-state index in [4.69, 9.17) is 4.74 Å². The van der Waals surface area contributed by atoms with Gasteiger partial charge < -0.3 is 15.4 Å². The van der Waals surface area contributed by atoms with Crippen molar-refractivity contribution in [2.75, 3.05) is 11.9 Å². The van der Waals surface area contributed by atoms with Gasteiger partial charge in [-0.3, -0.25) is 4.57 Å². The van der Waals surface area contributed by atoms with E-state index >= 15 is 0 Å². The number of halogens is 1. The Kier molecular flexibility index (Phi) is 8.22. The monoisotopic (exact) mass is 505 g/mol. The summed E-state index contributed by atoms with van der Waals surface area (Å²) in [5.41, 5.74) is 3.65. The van der Waals surface area contributed by atoms with E-state index in [1.807, 2.05) is 49.6 Å². The number of nitrogens with zero attached hydrogens (tertiary/aromatic N) is 3. The molecule has 0 saturated heterocycles. The molecule has 4 aromatic rings. The molecule has 186 valence electrons. The smallest absolute Gasteiger partial charge is 0.319 e. The number of aromatic nitrogens is 3. The van der Waals surface area contributed by atoms with Gasteiger partial charge in [0, 0.05) is 17.1 Å². The third kappa shape index (κ3) is 6.42. The van der Waals surface area contributed by atoms with Crippen LogP contribution in [-0.4, -0.2) is 27.4 Å². The number of nitrogens with one attached hydrogen (secondary N) is 2. The standard InChI is InChI=1S/C27H28FN5O2S/c1-4-35-24-15-11-22(12-16-24)30-26(34)29-19(3)25-31-32-27(33(25)23-13-5-18(2)6-14-23)36-17-20-7-9-21(28)10-8-20/h5-16,19H,4,17H2,1-3H3,(H2,29,30,34). The molecule has 3 aromatic carbocycles. The fourth-order valence-electron chi connectivity index (χ4n) is 3.55. The van der Waals surface area contributed by atoms with Gasteiger partial charge in [-0.2, -0.15) is 0 Å². The molecule has 0 spiro atoms. The summed E-state index contributed by atoms with van der Waals surface area (Å²) < 4.78 is 20.7. The lowest BCUT2D eigenvalue weighted by atomic mass is 10.2. The highest BCUT2D eigenvalue weighted by Gasteiger charge is 2.21. The molecule has 0 radical (unpaired) electrons. The Balaban J connectivity index is 1.51. The lowest BCUT2D eigenvalue weighted by Crippen LogP contribution is -2.32. The number of amides is 2. The van der Waals surface area contributed by atoms with Crippen molar-refractivity contribution in [3.8, 4) is 11.4 Å². The molecule has 0 aliphatic carbocycles. The third-order valence-corrected chi connectivity index (χ3v) is 6.39. The zero-order valence-corrected chi connectivity index (χ0v) is 21.2. The van der Waals surface area contributed by atoms with Gasteiger partial charge in [0.15, 0.2) is 11.0 Å². The van der Waals surface area contributed by atoms with E-state index in [0.717, 1.165) is 22.6 Å². The predicted molar refractivity (Wildman–Crippen MR) is 140 cm³/mol. The number of rotatable bonds is 9. The van der Waals surface area contributed by atoms with Crippen LogP contribution in [0.15, 0.2) is 78.0 Å². The first-order valence-electron chi connectivity index (χ1n) is 11.6. The second-order valence-corrected chi connectivity index (χ2v) is 9.15. The minimum atomic E-state index is -0.429. The number of ether oxygens (including phenoxy) is 1. The fourth-order valence-corrected chi connectivity index (χ4v) is 4.46. The molecular weight excluding hydrogens is 477 g/mol. The topological polar surface area (TPSA) is 81.1 Å². The van der Waals surface area contributed by atoms with E-state index in [2.05, 4.69) is 20.8 Å². The molecule has 0 aliphatic heterocycles. The first-order valence-corrected chi connectivity index (χ1v) is 12.6. The van der Waals surface area contributed by atoms with E-state index < -0.39 is 6.04 Å². The first kappa shape index (κ1) is 25.2. The minimum absolute atomic E-state index is 0.266. The molecule has 1 atom stereocenters.